The lowest BCUT2D eigenvalue weighted by atomic mass is 10.2. The molecular formula is C18H19ClN4O4. The van der Waals surface area contributed by atoms with Gasteiger partial charge >= 0.3 is 0 Å². The molecule has 0 unspecified atom stereocenters. The molecule has 1 aromatic heterocycles. The zero-order chi connectivity index (χ0) is 19.4. The van der Waals surface area contributed by atoms with Crippen LogP contribution >= 0.6 is 11.6 Å². The minimum absolute atomic E-state index is 0.0615. The number of benzene rings is 1. The van der Waals surface area contributed by atoms with Gasteiger partial charge in [-0.05, 0) is 19.1 Å². The van der Waals surface area contributed by atoms with Gasteiger partial charge in [-0.25, -0.2) is 4.98 Å². The van der Waals surface area contributed by atoms with Crippen molar-refractivity contribution in [3.63, 3.8) is 0 Å². The fourth-order valence-corrected chi connectivity index (χ4v) is 3.17. The van der Waals surface area contributed by atoms with Crippen LogP contribution in [0, 0.1) is 10.1 Å². The summed E-state index contributed by atoms with van der Waals surface area (Å²) in [6.45, 7) is 4.08. The first-order chi connectivity index (χ1) is 13.0. The fraction of sp³-hybridized carbons (Fsp3) is 0.333. The number of rotatable bonds is 5. The van der Waals surface area contributed by atoms with E-state index in [0.29, 0.717) is 44.4 Å². The van der Waals surface area contributed by atoms with Crippen molar-refractivity contribution in [3.8, 4) is 5.88 Å². The van der Waals surface area contributed by atoms with Crippen LogP contribution in [0.4, 0.5) is 11.4 Å². The van der Waals surface area contributed by atoms with Crippen molar-refractivity contribution in [2.75, 3.05) is 37.7 Å². The molecule has 0 atom stereocenters. The molecule has 1 aliphatic heterocycles. The summed E-state index contributed by atoms with van der Waals surface area (Å²) in [6.07, 6.45) is 0. The third-order valence-corrected chi connectivity index (χ3v) is 4.61. The Kier molecular flexibility index (Phi) is 5.75. The van der Waals surface area contributed by atoms with Crippen LogP contribution in [0.25, 0.3) is 0 Å². The van der Waals surface area contributed by atoms with Crippen molar-refractivity contribution < 1.29 is 14.5 Å². The number of para-hydroxylation sites is 2. The maximum absolute atomic E-state index is 12.8. The van der Waals surface area contributed by atoms with Crippen LogP contribution in [-0.2, 0) is 0 Å². The highest BCUT2D eigenvalue weighted by atomic mass is 35.5. The minimum atomic E-state index is -0.393. The van der Waals surface area contributed by atoms with E-state index in [4.69, 9.17) is 16.3 Å². The molecule has 1 saturated heterocycles. The number of halogens is 1. The largest absolute Gasteiger partial charge is 0.478 e. The standard InChI is InChI=1S/C18H19ClN4O4/c1-2-27-16-8-7-13(19)17(20-16)18(24)22-11-9-21(10-12-22)14-5-3-4-6-15(14)23(25)26/h3-8H,2,9-12H2,1H3. The molecule has 0 saturated carbocycles. The smallest absolute Gasteiger partial charge is 0.292 e. The van der Waals surface area contributed by atoms with E-state index in [9.17, 15) is 14.9 Å². The zero-order valence-electron chi connectivity index (χ0n) is 14.8. The average Bonchev–Trinajstić information content (AvgIpc) is 2.69. The Balaban J connectivity index is 1.72. The number of aromatic nitrogens is 1. The number of nitro groups is 1. The first-order valence-electron chi connectivity index (χ1n) is 8.58. The number of hydrogen-bond donors (Lipinski definition) is 0. The summed E-state index contributed by atoms with van der Waals surface area (Å²) in [5.74, 6) is 0.0764. The van der Waals surface area contributed by atoms with E-state index in [2.05, 4.69) is 4.98 Å². The maximum Gasteiger partial charge on any atom is 0.292 e. The molecule has 2 aromatic rings. The second-order valence-corrected chi connectivity index (χ2v) is 6.35. The van der Waals surface area contributed by atoms with E-state index < -0.39 is 4.92 Å². The van der Waals surface area contributed by atoms with Crippen molar-refractivity contribution >= 4 is 28.9 Å². The zero-order valence-corrected chi connectivity index (χ0v) is 15.6. The molecule has 0 radical (unpaired) electrons. The van der Waals surface area contributed by atoms with Crippen molar-refractivity contribution in [1.29, 1.82) is 0 Å². The third kappa shape index (κ3) is 4.11. The van der Waals surface area contributed by atoms with Gasteiger partial charge in [-0.15, -0.1) is 0 Å². The summed E-state index contributed by atoms with van der Waals surface area (Å²) < 4.78 is 5.34. The van der Waals surface area contributed by atoms with Crippen molar-refractivity contribution in [2.45, 2.75) is 6.92 Å². The Morgan fingerprint density at radius 3 is 2.59 bits per heavy atom. The van der Waals surface area contributed by atoms with Gasteiger partial charge in [-0.2, -0.15) is 0 Å². The lowest BCUT2D eigenvalue weighted by molar-refractivity contribution is -0.384. The van der Waals surface area contributed by atoms with Crippen molar-refractivity contribution in [1.82, 2.24) is 9.88 Å². The molecule has 0 bridgehead atoms. The number of nitro benzene ring substituents is 1. The van der Waals surface area contributed by atoms with Crippen molar-refractivity contribution in [3.05, 3.63) is 57.2 Å². The van der Waals surface area contributed by atoms with Gasteiger partial charge < -0.3 is 14.5 Å². The number of hydrogen-bond acceptors (Lipinski definition) is 6. The second kappa shape index (κ2) is 8.22. The van der Waals surface area contributed by atoms with E-state index in [1.165, 1.54) is 6.07 Å². The molecule has 142 valence electrons. The first-order valence-corrected chi connectivity index (χ1v) is 8.96. The van der Waals surface area contributed by atoms with Crippen LogP contribution in [0.5, 0.6) is 5.88 Å². The molecule has 0 N–H and O–H groups in total. The van der Waals surface area contributed by atoms with Crippen LogP contribution in [0.15, 0.2) is 36.4 Å². The Bertz CT molecular complexity index is 853. The molecule has 1 aliphatic rings. The fourth-order valence-electron chi connectivity index (χ4n) is 2.99. The highest BCUT2D eigenvalue weighted by Crippen LogP contribution is 2.29. The number of carbonyl (C=O) groups excluding carboxylic acids is 1. The summed E-state index contributed by atoms with van der Waals surface area (Å²) in [5, 5.41) is 11.5. The van der Waals surface area contributed by atoms with E-state index >= 15 is 0 Å². The summed E-state index contributed by atoms with van der Waals surface area (Å²) in [4.78, 5) is 31.4. The monoisotopic (exact) mass is 390 g/mol. The van der Waals surface area contributed by atoms with Gasteiger partial charge in [0.2, 0.25) is 5.88 Å². The summed E-state index contributed by atoms with van der Waals surface area (Å²) >= 11 is 6.14. The SMILES string of the molecule is CCOc1ccc(Cl)c(C(=O)N2CCN(c3ccccc3[N+](=O)[O-])CC2)n1. The van der Waals surface area contributed by atoms with Gasteiger partial charge in [0, 0.05) is 38.3 Å². The number of amides is 1. The number of anilines is 1. The van der Waals surface area contributed by atoms with E-state index in [1.807, 2.05) is 11.8 Å². The molecule has 0 spiro atoms. The van der Waals surface area contributed by atoms with E-state index in [1.54, 1.807) is 35.2 Å². The average molecular weight is 391 g/mol. The van der Waals surface area contributed by atoms with Crippen LogP contribution in [0.1, 0.15) is 17.4 Å². The topological polar surface area (TPSA) is 88.8 Å². The summed E-state index contributed by atoms with van der Waals surface area (Å²) in [5.41, 5.74) is 0.775. The molecule has 27 heavy (non-hydrogen) atoms. The van der Waals surface area contributed by atoms with Crippen LogP contribution in [-0.4, -0.2) is 53.5 Å². The number of carbonyl (C=O) groups is 1. The molecule has 0 aliphatic carbocycles. The quantitative estimate of drug-likeness (QED) is 0.576. The maximum atomic E-state index is 12.8. The lowest BCUT2D eigenvalue weighted by Gasteiger charge is -2.35. The predicted octanol–water partition coefficient (Wildman–Crippen LogP) is 3.00. The highest BCUT2D eigenvalue weighted by Gasteiger charge is 2.27. The number of ether oxygens (including phenoxy) is 1. The second-order valence-electron chi connectivity index (χ2n) is 5.94. The normalized spacial score (nSPS) is 14.1. The van der Waals surface area contributed by atoms with Gasteiger partial charge in [-0.1, -0.05) is 23.7 Å². The summed E-state index contributed by atoms with van der Waals surface area (Å²) in [7, 11) is 0. The summed E-state index contributed by atoms with van der Waals surface area (Å²) in [6, 6.07) is 9.82. The van der Waals surface area contributed by atoms with Gasteiger partial charge in [0.25, 0.3) is 11.6 Å². The van der Waals surface area contributed by atoms with Gasteiger partial charge in [0.15, 0.2) is 5.69 Å². The molecule has 1 aromatic carbocycles. The van der Waals surface area contributed by atoms with E-state index in [0.717, 1.165) is 0 Å². The molecule has 2 heterocycles. The first kappa shape index (κ1) is 18.9. The van der Waals surface area contributed by atoms with Crippen LogP contribution < -0.4 is 9.64 Å². The molecule has 3 rings (SSSR count). The highest BCUT2D eigenvalue weighted by molar-refractivity contribution is 6.33. The number of pyridine rings is 1. The van der Waals surface area contributed by atoms with E-state index in [-0.39, 0.29) is 22.3 Å². The molecule has 8 nitrogen and oxygen atoms in total. The molecule has 1 amide bonds. The van der Waals surface area contributed by atoms with Crippen molar-refractivity contribution in [2.24, 2.45) is 0 Å². The van der Waals surface area contributed by atoms with Gasteiger partial charge in [0.05, 0.1) is 16.6 Å². The Morgan fingerprint density at radius 2 is 1.93 bits per heavy atom. The Labute approximate surface area is 161 Å². The van der Waals surface area contributed by atoms with Gasteiger partial charge in [-0.3, -0.25) is 14.9 Å². The molecule has 9 heteroatoms. The molecule has 1 fully saturated rings. The Hall–Kier alpha value is -2.87. The molecular weight excluding hydrogens is 372 g/mol. The number of piperazine rings is 1. The predicted molar refractivity (Wildman–Crippen MR) is 102 cm³/mol. The minimum Gasteiger partial charge on any atom is -0.478 e. The van der Waals surface area contributed by atoms with Crippen LogP contribution in [0.2, 0.25) is 5.02 Å². The number of nitrogens with zero attached hydrogens (tertiary/aromatic N) is 4. The van der Waals surface area contributed by atoms with Gasteiger partial charge in [0.1, 0.15) is 5.69 Å². The Morgan fingerprint density at radius 1 is 1.22 bits per heavy atom. The van der Waals surface area contributed by atoms with Crippen LogP contribution in [0.3, 0.4) is 0 Å². The third-order valence-electron chi connectivity index (χ3n) is 4.30. The lowest BCUT2D eigenvalue weighted by Crippen LogP contribution is -2.49.